The summed E-state index contributed by atoms with van der Waals surface area (Å²) >= 11 is 9.75. The monoisotopic (exact) mass is 848 g/mol. The Bertz CT molecular complexity index is 1840. The third-order valence-electron chi connectivity index (χ3n) is 7.47. The van der Waals surface area contributed by atoms with Gasteiger partial charge in [0.25, 0.3) is 11.8 Å². The first-order chi connectivity index (χ1) is 26.2. The summed E-state index contributed by atoms with van der Waals surface area (Å²) in [7, 11) is 7.24. The van der Waals surface area contributed by atoms with Gasteiger partial charge in [-0.25, -0.2) is 29.0 Å². The number of aliphatic hydroxyl groups excluding tert-OH is 2. The number of ether oxygens (including phenoxy) is 2. The Labute approximate surface area is 337 Å². The molecular weight excluding hydrogens is 813 g/mol. The van der Waals surface area contributed by atoms with Crippen molar-refractivity contribution in [2.45, 2.75) is 24.2 Å². The molecule has 0 fully saturated rings. The van der Waals surface area contributed by atoms with Gasteiger partial charge in [0.2, 0.25) is 0 Å². The first-order valence-electron chi connectivity index (χ1n) is 15.9. The van der Waals surface area contributed by atoms with Crippen molar-refractivity contribution in [3.63, 3.8) is 0 Å². The maximum atomic E-state index is 13.9. The van der Waals surface area contributed by atoms with E-state index in [4.69, 9.17) is 43.9 Å². The third kappa shape index (κ3) is 11.8. The first kappa shape index (κ1) is 43.3. The molecule has 0 aliphatic carbocycles. The van der Waals surface area contributed by atoms with Gasteiger partial charge in [-0.3, -0.25) is 9.59 Å². The summed E-state index contributed by atoms with van der Waals surface area (Å²) in [5, 5.41) is 28.0. The molecule has 4 aromatic rings. The number of fused-ring (bicyclic) bond motifs is 2. The number of hydrogen-bond donors (Lipinski definition) is 6. The van der Waals surface area contributed by atoms with Gasteiger partial charge in [-0.15, -0.1) is 0 Å². The van der Waals surface area contributed by atoms with Crippen molar-refractivity contribution in [3.8, 4) is 11.4 Å². The average molecular weight is 849 g/mol. The second-order valence-electron chi connectivity index (χ2n) is 11.1. The van der Waals surface area contributed by atoms with E-state index in [9.17, 15) is 29.4 Å². The minimum Gasteiger partial charge on any atom is -0.467 e. The lowest BCUT2D eigenvalue weighted by atomic mass is 10.0. The number of para-hydroxylation sites is 2. The molecule has 6 N–H and O–H groups in total. The van der Waals surface area contributed by atoms with E-state index in [-0.39, 0.29) is 47.2 Å². The molecule has 0 saturated carbocycles. The number of carbonyl (C=O) groups is 4. The molecule has 0 radical (unpaired) electrons. The van der Waals surface area contributed by atoms with Gasteiger partial charge in [0.1, 0.15) is 12.1 Å². The molecule has 2 unspecified atom stereocenters. The minimum absolute atomic E-state index is 0.128. The van der Waals surface area contributed by atoms with Crippen molar-refractivity contribution in [1.29, 1.82) is 0 Å². The lowest BCUT2D eigenvalue weighted by molar-refractivity contribution is -0.143. The van der Waals surface area contributed by atoms with Crippen molar-refractivity contribution in [1.82, 2.24) is 30.0 Å². The second-order valence-corrected chi connectivity index (χ2v) is 16.0. The number of carbonyl (C=O) groups excluding carboxylic acids is 4. The van der Waals surface area contributed by atoms with E-state index in [0.717, 1.165) is 0 Å². The van der Waals surface area contributed by atoms with E-state index >= 15 is 0 Å². The summed E-state index contributed by atoms with van der Waals surface area (Å²) in [5.74, 6) is -2.20. The molecule has 4 rings (SSSR count). The highest BCUT2D eigenvalue weighted by molar-refractivity contribution is 8.76. The number of esters is 2. The molecule has 0 saturated heterocycles. The fourth-order valence-electron chi connectivity index (χ4n) is 4.69. The SMILES string of the molecule is COC(=O)C(CSSN[C@@H](C=S)CO)NC(=O)c1cc(-c2cc(C(=O)NC(CSSN[C@@H](C=S)CO)C(=O)OC)c3ccccc3n2)nc2ccccc12. The molecule has 0 bridgehead atoms. The number of thiocarbonyl (C=S) groups is 2. The zero-order chi connectivity index (χ0) is 39.0. The predicted molar refractivity (Wildman–Crippen MR) is 224 cm³/mol. The van der Waals surface area contributed by atoms with Crippen LogP contribution in [-0.2, 0) is 19.1 Å². The van der Waals surface area contributed by atoms with E-state index < -0.39 is 47.9 Å². The zero-order valence-electron chi connectivity index (χ0n) is 28.8. The van der Waals surface area contributed by atoms with Crippen molar-refractivity contribution >= 4 is 124 Å². The Morgan fingerprint density at radius 2 is 1.09 bits per heavy atom. The highest BCUT2D eigenvalue weighted by Gasteiger charge is 2.27. The summed E-state index contributed by atoms with van der Waals surface area (Å²) in [6.07, 6.45) is 0. The van der Waals surface area contributed by atoms with Crippen LogP contribution in [0.1, 0.15) is 20.7 Å². The summed E-state index contributed by atoms with van der Waals surface area (Å²) in [5.41, 5.74) is 1.88. The Morgan fingerprint density at radius 3 is 1.44 bits per heavy atom. The number of methoxy groups -OCH3 is 2. The average Bonchev–Trinajstić information content (AvgIpc) is 3.21. The van der Waals surface area contributed by atoms with E-state index in [1.54, 1.807) is 48.5 Å². The van der Waals surface area contributed by atoms with Gasteiger partial charge < -0.3 is 30.3 Å². The molecule has 54 heavy (non-hydrogen) atoms. The number of pyridine rings is 2. The smallest absolute Gasteiger partial charge is 0.329 e. The summed E-state index contributed by atoms with van der Waals surface area (Å²) in [4.78, 5) is 62.8. The Hall–Kier alpha value is -3.44. The Balaban J connectivity index is 1.66. The van der Waals surface area contributed by atoms with Crippen molar-refractivity contribution in [3.05, 3.63) is 71.8 Å². The number of aliphatic hydroxyl groups is 2. The van der Waals surface area contributed by atoms with Crippen LogP contribution in [0.4, 0.5) is 0 Å². The summed E-state index contributed by atoms with van der Waals surface area (Å²) < 4.78 is 15.8. The molecule has 2 aromatic carbocycles. The molecule has 0 aliphatic rings. The zero-order valence-corrected chi connectivity index (χ0v) is 33.7. The molecule has 0 aliphatic heterocycles. The van der Waals surface area contributed by atoms with Gasteiger partial charge in [0, 0.05) is 22.3 Å². The molecule has 2 heterocycles. The number of nitrogens with zero attached hydrogens (tertiary/aromatic N) is 2. The normalized spacial score (nSPS) is 13.3. The number of amides is 2. The lowest BCUT2D eigenvalue weighted by Gasteiger charge is -2.18. The number of benzene rings is 2. The Morgan fingerprint density at radius 1 is 0.704 bits per heavy atom. The molecule has 286 valence electrons. The largest absolute Gasteiger partial charge is 0.467 e. The molecule has 2 aromatic heterocycles. The summed E-state index contributed by atoms with van der Waals surface area (Å²) in [6.45, 7) is -0.395. The number of nitrogens with one attached hydrogen (secondary N) is 4. The van der Waals surface area contributed by atoms with Gasteiger partial charge in [-0.05, 0) is 57.0 Å². The van der Waals surface area contributed by atoms with E-state index in [1.807, 2.05) is 0 Å². The predicted octanol–water partition coefficient (Wildman–Crippen LogP) is 3.49. The third-order valence-corrected chi connectivity index (χ3v) is 12.2. The Kier molecular flexibility index (Phi) is 17.8. The standard InChI is InChI=1S/C34H36N6O8S6/c1-47-33(45)29(17-51-53-39-19(13-41)15-49)37-31(43)23-11-27(35-25-9-5-3-7-21(23)25)28-12-24(22-8-4-6-10-26(22)36-28)32(44)38-30(34(46)48-2)18-52-54-40-20(14-42)16-50/h3-12,15-16,19-20,29-30,39-42H,13-14,17-18H2,1-2H3,(H,37,43)(H,38,44)/t19-,20-,29?,30?/m1/s1. The number of rotatable bonds is 21. The first-order valence-corrected chi connectivity index (χ1v) is 21.5. The van der Waals surface area contributed by atoms with Crippen LogP contribution in [0.15, 0.2) is 60.7 Å². The second kappa shape index (κ2) is 22.2. The van der Waals surface area contributed by atoms with Crippen LogP contribution in [0.25, 0.3) is 33.2 Å². The van der Waals surface area contributed by atoms with Crippen molar-refractivity contribution in [2.24, 2.45) is 0 Å². The summed E-state index contributed by atoms with van der Waals surface area (Å²) in [6, 6.07) is 14.1. The van der Waals surface area contributed by atoms with Gasteiger partial charge >= 0.3 is 11.9 Å². The maximum Gasteiger partial charge on any atom is 0.329 e. The van der Waals surface area contributed by atoms with E-state index in [1.165, 1.54) is 80.6 Å². The molecule has 20 heteroatoms. The van der Waals surface area contributed by atoms with Crippen molar-refractivity contribution in [2.75, 3.05) is 38.9 Å². The van der Waals surface area contributed by atoms with E-state index in [0.29, 0.717) is 21.8 Å². The number of aromatic nitrogens is 2. The van der Waals surface area contributed by atoms with Crippen LogP contribution < -0.4 is 20.1 Å². The van der Waals surface area contributed by atoms with Crippen LogP contribution in [-0.4, -0.2) is 118 Å². The van der Waals surface area contributed by atoms with Gasteiger partial charge in [-0.2, -0.15) is 0 Å². The topological polar surface area (TPSA) is 201 Å². The number of hydrogen-bond acceptors (Lipinski definition) is 18. The lowest BCUT2D eigenvalue weighted by Crippen LogP contribution is -2.43. The van der Waals surface area contributed by atoms with Gasteiger partial charge in [0.05, 0.1) is 73.1 Å². The molecule has 14 nitrogen and oxygen atoms in total. The van der Waals surface area contributed by atoms with Gasteiger partial charge in [0.15, 0.2) is 0 Å². The van der Waals surface area contributed by atoms with Crippen LogP contribution in [0.2, 0.25) is 0 Å². The van der Waals surface area contributed by atoms with Crippen LogP contribution >= 0.6 is 68.0 Å². The highest BCUT2D eigenvalue weighted by Crippen LogP contribution is 2.29. The molecular formula is C34H36N6O8S6. The van der Waals surface area contributed by atoms with Crippen LogP contribution in [0, 0.1) is 0 Å². The minimum atomic E-state index is -1.03. The fraction of sp³-hybridized carbons (Fsp3) is 0.294. The maximum absolute atomic E-state index is 13.9. The quantitative estimate of drug-likeness (QED) is 0.0234. The van der Waals surface area contributed by atoms with Crippen LogP contribution in [0.3, 0.4) is 0 Å². The molecule has 2 amide bonds. The molecule has 0 spiro atoms. The fourth-order valence-corrected chi connectivity index (χ4v) is 9.07. The highest BCUT2D eigenvalue weighted by atomic mass is 33.1. The van der Waals surface area contributed by atoms with Gasteiger partial charge in [-0.1, -0.05) is 82.4 Å². The van der Waals surface area contributed by atoms with Crippen molar-refractivity contribution < 1.29 is 38.9 Å². The van der Waals surface area contributed by atoms with E-state index in [2.05, 4.69) is 20.1 Å². The molecule has 4 atom stereocenters. The van der Waals surface area contributed by atoms with Crippen LogP contribution in [0.5, 0.6) is 0 Å².